The number of carbonyl (C=O) groups is 1. The first kappa shape index (κ1) is 16.6. The molecule has 1 amide bonds. The molecule has 0 aromatic heterocycles. The first-order valence-electron chi connectivity index (χ1n) is 7.53. The van der Waals surface area contributed by atoms with Gasteiger partial charge in [0.2, 0.25) is 5.91 Å². The van der Waals surface area contributed by atoms with Crippen LogP contribution in [0.1, 0.15) is 24.8 Å². The van der Waals surface area contributed by atoms with Crippen LogP contribution in [0.5, 0.6) is 5.75 Å². The molecule has 0 fully saturated rings. The quantitative estimate of drug-likeness (QED) is 0.479. The molecular formula is C17H20N4O2. The summed E-state index contributed by atoms with van der Waals surface area (Å²) in [5, 5.41) is 8.70. The second-order valence-electron chi connectivity index (χ2n) is 5.20. The maximum Gasteiger partial charge on any atom is 0.219 e. The van der Waals surface area contributed by atoms with Crippen molar-refractivity contribution >= 4 is 16.7 Å². The Balaban J connectivity index is 2.41. The van der Waals surface area contributed by atoms with Crippen molar-refractivity contribution in [2.45, 2.75) is 19.3 Å². The number of carbonyl (C=O) groups excluding carboxylic acids is 1. The second kappa shape index (κ2) is 8.06. The zero-order chi connectivity index (χ0) is 16.7. The molecule has 23 heavy (non-hydrogen) atoms. The van der Waals surface area contributed by atoms with Gasteiger partial charge in [0.1, 0.15) is 5.75 Å². The Bertz CT molecular complexity index is 738. The van der Waals surface area contributed by atoms with Crippen molar-refractivity contribution < 1.29 is 9.53 Å². The summed E-state index contributed by atoms with van der Waals surface area (Å²) in [5.41, 5.74) is 9.66. The number of ether oxygens (including phenoxy) is 1. The number of azide groups is 1. The number of hydrogen-bond donors (Lipinski definition) is 1. The van der Waals surface area contributed by atoms with Crippen LogP contribution in [0.3, 0.4) is 0 Å². The number of rotatable bonds is 7. The smallest absolute Gasteiger partial charge is 0.219 e. The number of amides is 1. The monoisotopic (exact) mass is 312 g/mol. The van der Waals surface area contributed by atoms with E-state index in [1.165, 1.54) is 0 Å². The van der Waals surface area contributed by atoms with Crippen LogP contribution in [0, 0.1) is 0 Å². The zero-order valence-corrected chi connectivity index (χ0v) is 13.3. The summed E-state index contributed by atoms with van der Waals surface area (Å²) in [6.07, 6.45) is 0.428. The molecule has 2 aromatic rings. The highest BCUT2D eigenvalue weighted by atomic mass is 16.5. The standard InChI is InChI=1S/C17H20N4O2/c1-3-17(22)19-10-13(11-20-21-18)15-6-4-5-12-7-8-14(23-2)9-16(12)15/h4-9,13H,3,10-11H2,1-2H3,(H,19,22). The summed E-state index contributed by atoms with van der Waals surface area (Å²) < 4.78 is 5.30. The van der Waals surface area contributed by atoms with E-state index in [9.17, 15) is 4.79 Å². The summed E-state index contributed by atoms with van der Waals surface area (Å²) in [6, 6.07) is 11.9. The molecule has 0 aliphatic carbocycles. The van der Waals surface area contributed by atoms with Gasteiger partial charge in [0, 0.05) is 30.3 Å². The highest BCUT2D eigenvalue weighted by Gasteiger charge is 2.15. The number of nitrogens with zero attached hydrogens (tertiary/aromatic N) is 3. The van der Waals surface area contributed by atoms with Gasteiger partial charge in [-0.05, 0) is 34.0 Å². The number of hydrogen-bond acceptors (Lipinski definition) is 3. The van der Waals surface area contributed by atoms with Gasteiger partial charge in [-0.3, -0.25) is 4.79 Å². The molecule has 0 saturated heterocycles. The van der Waals surface area contributed by atoms with Gasteiger partial charge in [-0.2, -0.15) is 0 Å². The molecule has 2 aromatic carbocycles. The average molecular weight is 312 g/mol. The van der Waals surface area contributed by atoms with Crippen LogP contribution in [0.25, 0.3) is 21.2 Å². The maximum atomic E-state index is 11.6. The predicted molar refractivity (Wildman–Crippen MR) is 90.6 cm³/mol. The molecule has 0 heterocycles. The van der Waals surface area contributed by atoms with E-state index in [4.69, 9.17) is 10.3 Å². The fourth-order valence-corrected chi connectivity index (χ4v) is 2.53. The van der Waals surface area contributed by atoms with Crippen molar-refractivity contribution in [2.24, 2.45) is 5.11 Å². The van der Waals surface area contributed by atoms with Crippen LogP contribution in [-0.4, -0.2) is 26.1 Å². The van der Waals surface area contributed by atoms with E-state index in [-0.39, 0.29) is 18.4 Å². The lowest BCUT2D eigenvalue weighted by molar-refractivity contribution is -0.120. The average Bonchev–Trinajstić information content (AvgIpc) is 2.60. The summed E-state index contributed by atoms with van der Waals surface area (Å²) in [7, 11) is 1.63. The van der Waals surface area contributed by atoms with Crippen LogP contribution < -0.4 is 10.1 Å². The molecule has 120 valence electrons. The molecule has 0 aliphatic heterocycles. The summed E-state index contributed by atoms with van der Waals surface area (Å²) in [6.45, 7) is 2.53. The van der Waals surface area contributed by atoms with Crippen molar-refractivity contribution in [2.75, 3.05) is 20.2 Å². The molecule has 0 saturated carbocycles. The Morgan fingerprint density at radius 2 is 2.22 bits per heavy atom. The van der Waals surface area contributed by atoms with Crippen LogP contribution in [0.15, 0.2) is 41.5 Å². The van der Waals surface area contributed by atoms with E-state index in [1.54, 1.807) is 14.0 Å². The molecular weight excluding hydrogens is 292 g/mol. The third kappa shape index (κ3) is 4.14. The van der Waals surface area contributed by atoms with Gasteiger partial charge >= 0.3 is 0 Å². The Labute approximate surface area is 135 Å². The van der Waals surface area contributed by atoms with E-state index in [0.717, 1.165) is 22.1 Å². The summed E-state index contributed by atoms with van der Waals surface area (Å²) >= 11 is 0. The zero-order valence-electron chi connectivity index (χ0n) is 13.3. The second-order valence-corrected chi connectivity index (χ2v) is 5.20. The van der Waals surface area contributed by atoms with E-state index in [1.807, 2.05) is 36.4 Å². The molecule has 2 rings (SSSR count). The molecule has 0 bridgehead atoms. The van der Waals surface area contributed by atoms with Crippen molar-refractivity contribution in [1.82, 2.24) is 5.32 Å². The lowest BCUT2D eigenvalue weighted by atomic mass is 9.93. The number of benzene rings is 2. The van der Waals surface area contributed by atoms with E-state index < -0.39 is 0 Å². The molecule has 6 nitrogen and oxygen atoms in total. The first-order valence-corrected chi connectivity index (χ1v) is 7.53. The lowest BCUT2D eigenvalue weighted by Crippen LogP contribution is -2.28. The molecule has 0 aliphatic rings. The van der Waals surface area contributed by atoms with E-state index in [0.29, 0.717) is 13.0 Å². The van der Waals surface area contributed by atoms with E-state index >= 15 is 0 Å². The van der Waals surface area contributed by atoms with Gasteiger partial charge in [-0.15, -0.1) is 0 Å². The molecule has 1 unspecified atom stereocenters. The normalized spacial score (nSPS) is 11.6. The lowest BCUT2D eigenvalue weighted by Gasteiger charge is -2.18. The van der Waals surface area contributed by atoms with Crippen molar-refractivity contribution in [3.8, 4) is 5.75 Å². The van der Waals surface area contributed by atoms with Gasteiger partial charge in [-0.25, -0.2) is 0 Å². The molecule has 1 atom stereocenters. The largest absolute Gasteiger partial charge is 0.497 e. The minimum absolute atomic E-state index is 0.0197. The topological polar surface area (TPSA) is 87.1 Å². The Morgan fingerprint density at radius 1 is 1.39 bits per heavy atom. The molecule has 0 spiro atoms. The van der Waals surface area contributed by atoms with Crippen molar-refractivity contribution in [3.63, 3.8) is 0 Å². The highest BCUT2D eigenvalue weighted by molar-refractivity contribution is 5.87. The fourth-order valence-electron chi connectivity index (χ4n) is 2.53. The van der Waals surface area contributed by atoms with Gasteiger partial charge in [0.25, 0.3) is 0 Å². The number of nitrogens with one attached hydrogen (secondary N) is 1. The van der Waals surface area contributed by atoms with Crippen LogP contribution in [-0.2, 0) is 4.79 Å². The van der Waals surface area contributed by atoms with Gasteiger partial charge in [0.05, 0.1) is 7.11 Å². The van der Waals surface area contributed by atoms with Crippen molar-refractivity contribution in [1.29, 1.82) is 0 Å². The van der Waals surface area contributed by atoms with Crippen molar-refractivity contribution in [3.05, 3.63) is 52.4 Å². The van der Waals surface area contributed by atoms with Crippen LogP contribution >= 0.6 is 0 Å². The minimum atomic E-state index is -0.0859. The van der Waals surface area contributed by atoms with Crippen LogP contribution in [0.2, 0.25) is 0 Å². The number of fused-ring (bicyclic) bond motifs is 1. The Morgan fingerprint density at radius 3 is 2.91 bits per heavy atom. The Hall–Kier alpha value is -2.72. The predicted octanol–water partition coefficient (Wildman–Crippen LogP) is 3.77. The number of methoxy groups -OCH3 is 1. The first-order chi connectivity index (χ1) is 11.2. The van der Waals surface area contributed by atoms with Crippen LogP contribution in [0.4, 0.5) is 0 Å². The maximum absolute atomic E-state index is 11.6. The van der Waals surface area contributed by atoms with Gasteiger partial charge < -0.3 is 10.1 Å². The fraction of sp³-hybridized carbons (Fsp3) is 0.353. The minimum Gasteiger partial charge on any atom is -0.497 e. The third-order valence-corrected chi connectivity index (χ3v) is 3.79. The molecule has 1 N–H and O–H groups in total. The SMILES string of the molecule is CCC(=O)NCC(CN=[N+]=[N-])c1cccc2ccc(OC)cc12. The van der Waals surface area contributed by atoms with Gasteiger partial charge in [0.15, 0.2) is 0 Å². The van der Waals surface area contributed by atoms with E-state index in [2.05, 4.69) is 15.3 Å². The summed E-state index contributed by atoms with van der Waals surface area (Å²) in [5.74, 6) is 0.663. The highest BCUT2D eigenvalue weighted by Crippen LogP contribution is 2.29. The third-order valence-electron chi connectivity index (χ3n) is 3.79. The summed E-state index contributed by atoms with van der Waals surface area (Å²) in [4.78, 5) is 14.4. The van der Waals surface area contributed by atoms with Gasteiger partial charge in [-0.1, -0.05) is 36.3 Å². The molecule has 0 radical (unpaired) electrons. The Kier molecular flexibility index (Phi) is 5.83. The molecule has 6 heteroatoms.